The summed E-state index contributed by atoms with van der Waals surface area (Å²) in [6.45, 7) is 7.19. The Morgan fingerprint density at radius 2 is 1.62 bits per heavy atom. The molecule has 0 saturated carbocycles. The van der Waals surface area contributed by atoms with Crippen LogP contribution in [0.2, 0.25) is 0 Å². The maximum atomic E-state index is 12.4. The van der Waals surface area contributed by atoms with Crippen LogP contribution in [0.5, 0.6) is 5.75 Å². The number of hydrogen-bond acceptors (Lipinski definition) is 5. The number of nitrogens with zero attached hydrogens (tertiary/aromatic N) is 1. The van der Waals surface area contributed by atoms with E-state index in [0.29, 0.717) is 41.1 Å². The van der Waals surface area contributed by atoms with Crippen molar-refractivity contribution in [1.82, 2.24) is 0 Å². The Hall–Kier alpha value is -3.02. The predicted molar refractivity (Wildman–Crippen MR) is 98.1 cm³/mol. The van der Waals surface area contributed by atoms with Gasteiger partial charge in [0.25, 0.3) is 5.69 Å². The van der Waals surface area contributed by atoms with Gasteiger partial charge in [-0.2, -0.15) is 0 Å². The van der Waals surface area contributed by atoms with Crippen LogP contribution in [0.3, 0.4) is 0 Å². The minimum Gasteiger partial charge on any atom is -0.489 e. The van der Waals surface area contributed by atoms with E-state index in [1.807, 2.05) is 13.0 Å². The van der Waals surface area contributed by atoms with Gasteiger partial charge in [-0.05, 0) is 51.8 Å². The lowest BCUT2D eigenvalue weighted by molar-refractivity contribution is -0.384. The van der Waals surface area contributed by atoms with Crippen molar-refractivity contribution in [3.8, 4) is 5.75 Å². The first-order chi connectivity index (χ1) is 12.2. The molecule has 0 bridgehead atoms. The highest BCUT2D eigenvalue weighted by Gasteiger charge is 2.26. The van der Waals surface area contributed by atoms with Crippen molar-refractivity contribution in [2.24, 2.45) is 0 Å². The lowest BCUT2D eigenvalue weighted by Gasteiger charge is -2.17. The van der Waals surface area contributed by atoms with Crippen LogP contribution in [-0.4, -0.2) is 23.1 Å². The van der Waals surface area contributed by atoms with Gasteiger partial charge in [-0.15, -0.1) is 0 Å². The molecule has 1 aliphatic carbocycles. The van der Waals surface area contributed by atoms with Gasteiger partial charge in [0, 0.05) is 34.4 Å². The number of hydrogen-bond donors (Lipinski definition) is 0. The minimum absolute atomic E-state index is 0.00576. The van der Waals surface area contributed by atoms with E-state index in [1.54, 1.807) is 32.9 Å². The Bertz CT molecular complexity index is 857. The molecule has 1 aromatic carbocycles. The van der Waals surface area contributed by atoms with Gasteiger partial charge in [-0.25, -0.2) is 0 Å². The van der Waals surface area contributed by atoms with Gasteiger partial charge in [0.15, 0.2) is 11.6 Å². The summed E-state index contributed by atoms with van der Waals surface area (Å²) in [5, 5.41) is 10.6. The van der Waals surface area contributed by atoms with Crippen LogP contribution in [0.15, 0.2) is 58.2 Å². The first kappa shape index (κ1) is 19.3. The smallest absolute Gasteiger partial charge is 0.269 e. The van der Waals surface area contributed by atoms with Crippen LogP contribution in [-0.2, 0) is 9.59 Å². The number of ketones is 2. The van der Waals surface area contributed by atoms with Crippen molar-refractivity contribution in [3.05, 3.63) is 68.3 Å². The first-order valence-electron chi connectivity index (χ1n) is 8.22. The van der Waals surface area contributed by atoms with Gasteiger partial charge in [0.1, 0.15) is 12.4 Å². The molecule has 0 heterocycles. The van der Waals surface area contributed by atoms with Gasteiger partial charge >= 0.3 is 0 Å². The fourth-order valence-corrected chi connectivity index (χ4v) is 2.60. The number of nitro benzene ring substituents is 1. The maximum absolute atomic E-state index is 12.4. The SMILES string of the molecule is CC1=C(C)C(=O)C(C/C=C(\C)COc2ccc([N+](=O)[O-])cc2)=C(C)C1=O. The molecule has 0 aromatic heterocycles. The standard InChI is InChI=1S/C20H21NO5/c1-12(11-26-17-8-6-16(7-9-17)21(24)25)5-10-18-15(4)19(22)13(2)14(3)20(18)23/h5-9H,10-11H2,1-4H3/b12-5+. The van der Waals surface area contributed by atoms with E-state index in [9.17, 15) is 19.7 Å². The molecular formula is C20H21NO5. The molecule has 136 valence electrons. The number of ether oxygens (including phenoxy) is 1. The average Bonchev–Trinajstić information content (AvgIpc) is 2.63. The summed E-state index contributed by atoms with van der Waals surface area (Å²) in [6.07, 6.45) is 2.24. The zero-order valence-electron chi connectivity index (χ0n) is 15.3. The van der Waals surface area contributed by atoms with Crippen molar-refractivity contribution >= 4 is 17.3 Å². The summed E-state index contributed by atoms with van der Waals surface area (Å²) < 4.78 is 5.59. The van der Waals surface area contributed by atoms with Crippen molar-refractivity contribution in [2.45, 2.75) is 34.1 Å². The summed E-state index contributed by atoms with van der Waals surface area (Å²) in [4.78, 5) is 34.7. The second kappa shape index (κ2) is 7.91. The normalized spacial score (nSPS) is 15.6. The minimum atomic E-state index is -0.467. The van der Waals surface area contributed by atoms with Crippen LogP contribution < -0.4 is 4.74 Å². The number of Topliss-reactive ketones (excluding diaryl/α,β-unsaturated/α-hetero) is 2. The molecule has 6 nitrogen and oxygen atoms in total. The zero-order valence-corrected chi connectivity index (χ0v) is 15.3. The van der Waals surface area contributed by atoms with Crippen LogP contribution in [0, 0.1) is 10.1 Å². The highest BCUT2D eigenvalue weighted by atomic mass is 16.6. The quantitative estimate of drug-likeness (QED) is 0.332. The Kier molecular flexibility index (Phi) is 5.87. The van der Waals surface area contributed by atoms with Gasteiger partial charge in [-0.3, -0.25) is 19.7 Å². The van der Waals surface area contributed by atoms with E-state index < -0.39 is 4.92 Å². The molecule has 0 spiro atoms. The lowest BCUT2D eigenvalue weighted by Crippen LogP contribution is -2.20. The largest absolute Gasteiger partial charge is 0.489 e. The lowest BCUT2D eigenvalue weighted by atomic mass is 9.84. The Morgan fingerprint density at radius 3 is 2.19 bits per heavy atom. The third-order valence-electron chi connectivity index (χ3n) is 4.48. The summed E-state index contributed by atoms with van der Waals surface area (Å²) in [6, 6.07) is 5.84. The van der Waals surface area contributed by atoms with E-state index in [4.69, 9.17) is 4.74 Å². The fraction of sp³-hybridized carbons (Fsp3) is 0.300. The van der Waals surface area contributed by atoms with Crippen molar-refractivity contribution in [2.75, 3.05) is 6.61 Å². The molecule has 0 N–H and O–H groups in total. The molecule has 0 fully saturated rings. The van der Waals surface area contributed by atoms with Crippen LogP contribution in [0.25, 0.3) is 0 Å². The molecule has 26 heavy (non-hydrogen) atoms. The maximum Gasteiger partial charge on any atom is 0.269 e. The summed E-state index contributed by atoms with van der Waals surface area (Å²) >= 11 is 0. The highest BCUT2D eigenvalue weighted by Crippen LogP contribution is 2.26. The van der Waals surface area contributed by atoms with Crippen LogP contribution in [0.1, 0.15) is 34.1 Å². The van der Waals surface area contributed by atoms with E-state index >= 15 is 0 Å². The second-order valence-electron chi connectivity index (χ2n) is 6.31. The molecule has 0 amide bonds. The summed E-state index contributed by atoms with van der Waals surface area (Å²) in [7, 11) is 0. The van der Waals surface area contributed by atoms with Crippen LogP contribution >= 0.6 is 0 Å². The first-order valence-corrected chi connectivity index (χ1v) is 8.22. The van der Waals surface area contributed by atoms with E-state index in [0.717, 1.165) is 5.57 Å². The van der Waals surface area contributed by atoms with Gasteiger partial charge in [0.2, 0.25) is 0 Å². The molecule has 0 radical (unpaired) electrons. The summed E-state index contributed by atoms with van der Waals surface area (Å²) in [5.74, 6) is 0.363. The molecule has 6 heteroatoms. The van der Waals surface area contributed by atoms with Crippen molar-refractivity contribution in [3.63, 3.8) is 0 Å². The number of carbonyl (C=O) groups is 2. The molecule has 0 atom stereocenters. The number of non-ortho nitro benzene ring substituents is 1. The Morgan fingerprint density at radius 1 is 1.04 bits per heavy atom. The number of carbonyl (C=O) groups excluding carboxylic acids is 2. The monoisotopic (exact) mass is 355 g/mol. The third kappa shape index (κ3) is 4.14. The zero-order chi connectivity index (χ0) is 19.4. The summed E-state index contributed by atoms with van der Waals surface area (Å²) in [5.41, 5.74) is 2.94. The number of rotatable bonds is 6. The molecule has 0 saturated heterocycles. The molecule has 0 unspecified atom stereocenters. The van der Waals surface area contributed by atoms with Crippen LogP contribution in [0.4, 0.5) is 5.69 Å². The Balaban J connectivity index is 2.01. The number of nitro groups is 1. The number of allylic oxidation sites excluding steroid dienone is 5. The third-order valence-corrected chi connectivity index (χ3v) is 4.48. The second-order valence-corrected chi connectivity index (χ2v) is 6.31. The highest BCUT2D eigenvalue weighted by molar-refractivity contribution is 6.24. The topological polar surface area (TPSA) is 86.5 Å². The molecular weight excluding hydrogens is 334 g/mol. The molecule has 2 rings (SSSR count). The molecule has 1 aliphatic rings. The molecule has 1 aromatic rings. The fourth-order valence-electron chi connectivity index (χ4n) is 2.60. The van der Waals surface area contributed by atoms with Gasteiger partial charge in [0.05, 0.1) is 4.92 Å². The van der Waals surface area contributed by atoms with Crippen molar-refractivity contribution < 1.29 is 19.2 Å². The van der Waals surface area contributed by atoms with Gasteiger partial charge in [-0.1, -0.05) is 6.08 Å². The number of benzene rings is 1. The van der Waals surface area contributed by atoms with E-state index in [2.05, 4.69) is 0 Å². The molecule has 0 aliphatic heterocycles. The average molecular weight is 355 g/mol. The van der Waals surface area contributed by atoms with Crippen molar-refractivity contribution in [1.29, 1.82) is 0 Å². The Labute approximate surface area is 152 Å². The van der Waals surface area contributed by atoms with E-state index in [-0.39, 0.29) is 17.3 Å². The predicted octanol–water partition coefficient (Wildman–Crippen LogP) is 4.11. The van der Waals surface area contributed by atoms with E-state index in [1.165, 1.54) is 12.1 Å². The van der Waals surface area contributed by atoms with Gasteiger partial charge < -0.3 is 4.74 Å².